The maximum atomic E-state index is 14.2. The molecule has 6 nitrogen and oxygen atoms in total. The summed E-state index contributed by atoms with van der Waals surface area (Å²) in [5.41, 5.74) is 0.778. The Labute approximate surface area is 152 Å². The van der Waals surface area contributed by atoms with Gasteiger partial charge in [0.2, 0.25) is 5.91 Å². The number of amides is 3. The average molecular weight is 372 g/mol. The summed E-state index contributed by atoms with van der Waals surface area (Å²) < 4.78 is 18.6. The molecule has 2 aliphatic rings. The molecule has 4 rings (SSSR count). The number of carbonyl (C=O) groups is 3. The van der Waals surface area contributed by atoms with Crippen molar-refractivity contribution in [2.24, 2.45) is 0 Å². The van der Waals surface area contributed by atoms with E-state index in [-0.39, 0.29) is 30.0 Å². The van der Waals surface area contributed by atoms with Crippen LogP contribution in [0.5, 0.6) is 5.75 Å². The lowest BCUT2D eigenvalue weighted by atomic mass is 9.90. The van der Waals surface area contributed by atoms with E-state index in [9.17, 15) is 18.8 Å². The number of benzene rings is 2. The summed E-state index contributed by atoms with van der Waals surface area (Å²) in [6.45, 7) is 0.167. The van der Waals surface area contributed by atoms with Gasteiger partial charge >= 0.3 is 0 Å². The topological polar surface area (TPSA) is 84.5 Å². The molecule has 1 saturated heterocycles. The molecule has 0 aromatic heterocycles. The van der Waals surface area contributed by atoms with E-state index in [1.807, 2.05) is 0 Å². The van der Waals surface area contributed by atoms with Crippen molar-refractivity contribution in [1.82, 2.24) is 5.32 Å². The van der Waals surface area contributed by atoms with Gasteiger partial charge in [0.05, 0.1) is 12.3 Å². The van der Waals surface area contributed by atoms with Gasteiger partial charge in [-0.2, -0.15) is 0 Å². The molecule has 132 valence electrons. The lowest BCUT2D eigenvalue weighted by molar-refractivity contribution is -0.122. The van der Waals surface area contributed by atoms with Crippen LogP contribution < -0.4 is 15.4 Å². The Morgan fingerprint density at radius 2 is 2.00 bits per heavy atom. The number of carbonyl (C=O) groups excluding carboxylic acids is 3. The molecule has 2 N–H and O–H groups in total. The predicted octanol–water partition coefficient (Wildman–Crippen LogP) is 3.04. The van der Waals surface area contributed by atoms with Crippen LogP contribution in [-0.2, 0) is 9.54 Å². The van der Waals surface area contributed by atoms with Crippen LogP contribution in [0.25, 0.3) is 0 Å². The molecule has 1 atom stereocenters. The fourth-order valence-electron chi connectivity index (χ4n) is 3.12. The first-order valence-electron chi connectivity index (χ1n) is 7.87. The van der Waals surface area contributed by atoms with Crippen molar-refractivity contribution in [2.45, 2.75) is 11.2 Å². The van der Waals surface area contributed by atoms with Gasteiger partial charge < -0.3 is 10.1 Å². The van der Waals surface area contributed by atoms with Crippen molar-refractivity contribution in [3.63, 3.8) is 0 Å². The van der Waals surface area contributed by atoms with Crippen LogP contribution in [-0.4, -0.2) is 23.7 Å². The highest BCUT2D eigenvalue weighted by atomic mass is 32.2. The summed E-state index contributed by atoms with van der Waals surface area (Å²) in [6, 6.07) is 10.8. The molecule has 2 heterocycles. The third-order valence-corrected chi connectivity index (χ3v) is 5.57. The Morgan fingerprint density at radius 1 is 1.23 bits per heavy atom. The first-order valence-corrected chi connectivity index (χ1v) is 8.69. The van der Waals surface area contributed by atoms with Gasteiger partial charge in [-0.25, -0.2) is 4.39 Å². The molecule has 0 bridgehead atoms. The number of fused-ring (bicyclic) bond motifs is 2. The molecule has 26 heavy (non-hydrogen) atoms. The van der Waals surface area contributed by atoms with Crippen molar-refractivity contribution < 1.29 is 23.5 Å². The third-order valence-electron chi connectivity index (χ3n) is 4.32. The second kappa shape index (κ2) is 6.14. The Morgan fingerprint density at radius 3 is 2.69 bits per heavy atom. The van der Waals surface area contributed by atoms with Gasteiger partial charge in [-0.05, 0) is 30.0 Å². The van der Waals surface area contributed by atoms with Crippen molar-refractivity contribution in [3.8, 4) is 5.75 Å². The van der Waals surface area contributed by atoms with Gasteiger partial charge in [0.15, 0.2) is 0 Å². The molecule has 2 aromatic carbocycles. The third kappa shape index (κ3) is 2.62. The van der Waals surface area contributed by atoms with Crippen LogP contribution in [0, 0.1) is 5.82 Å². The molecule has 8 heteroatoms. The maximum Gasteiger partial charge on any atom is 0.287 e. The number of anilines is 1. The largest absolute Gasteiger partial charge is 0.491 e. The molecule has 0 aliphatic carbocycles. The standard InChI is InChI=1S/C18H13FN2O4S/c19-11-8-12-14(25-7-6-18(12)16(23)21-17(24)26-18)13(9-11)20-15(22)10-4-2-1-3-5-10/h1-5,8-9H,6-7H2,(H,20,22)(H,21,23,24). The number of thioether (sulfide) groups is 1. The Kier molecular flexibility index (Phi) is 3.91. The average Bonchev–Trinajstić information content (AvgIpc) is 2.90. The first kappa shape index (κ1) is 16.6. The van der Waals surface area contributed by atoms with Crippen LogP contribution in [0.2, 0.25) is 0 Å². The molecule has 1 spiro atoms. The molecule has 1 fully saturated rings. The molecular weight excluding hydrogens is 359 g/mol. The number of imide groups is 1. The molecule has 0 saturated carbocycles. The number of rotatable bonds is 2. The number of hydrogen-bond acceptors (Lipinski definition) is 5. The highest BCUT2D eigenvalue weighted by Gasteiger charge is 2.53. The van der Waals surface area contributed by atoms with E-state index in [4.69, 9.17) is 4.74 Å². The smallest absolute Gasteiger partial charge is 0.287 e. The van der Waals surface area contributed by atoms with Crippen LogP contribution in [0.15, 0.2) is 42.5 Å². The van der Waals surface area contributed by atoms with E-state index in [0.29, 0.717) is 5.56 Å². The van der Waals surface area contributed by atoms with Crippen molar-refractivity contribution in [1.29, 1.82) is 0 Å². The van der Waals surface area contributed by atoms with Crippen molar-refractivity contribution in [2.75, 3.05) is 11.9 Å². The van der Waals surface area contributed by atoms with E-state index in [2.05, 4.69) is 10.6 Å². The van der Waals surface area contributed by atoms with Gasteiger partial charge in [0.1, 0.15) is 16.3 Å². The van der Waals surface area contributed by atoms with E-state index < -0.39 is 27.6 Å². The second-order valence-corrected chi connectivity index (χ2v) is 7.19. The second-order valence-electron chi connectivity index (χ2n) is 5.92. The lowest BCUT2D eigenvalue weighted by Gasteiger charge is -2.32. The van der Waals surface area contributed by atoms with Crippen LogP contribution in [0.4, 0.5) is 14.9 Å². The van der Waals surface area contributed by atoms with Crippen molar-refractivity contribution in [3.05, 3.63) is 59.4 Å². The SMILES string of the molecule is O=C1NC(=O)C2(CCOc3c(NC(=O)c4ccccc4)cc(F)cc32)S1. The van der Waals surface area contributed by atoms with Crippen molar-refractivity contribution >= 4 is 34.5 Å². The molecule has 1 unspecified atom stereocenters. The number of ether oxygens (including phenoxy) is 1. The highest BCUT2D eigenvalue weighted by molar-refractivity contribution is 8.15. The summed E-state index contributed by atoms with van der Waals surface area (Å²) >= 11 is 0.813. The van der Waals surface area contributed by atoms with E-state index in [1.165, 1.54) is 6.07 Å². The zero-order valence-electron chi connectivity index (χ0n) is 13.4. The summed E-state index contributed by atoms with van der Waals surface area (Å²) in [4.78, 5) is 36.5. The predicted molar refractivity (Wildman–Crippen MR) is 93.7 cm³/mol. The van der Waals surface area contributed by atoms with Gasteiger partial charge in [-0.1, -0.05) is 18.2 Å². The Balaban J connectivity index is 1.77. The summed E-state index contributed by atoms with van der Waals surface area (Å²) in [7, 11) is 0. The molecule has 2 aliphatic heterocycles. The fourth-order valence-corrected chi connectivity index (χ4v) is 4.17. The number of hydrogen-bond donors (Lipinski definition) is 2. The van der Waals surface area contributed by atoms with Gasteiger partial charge in [0, 0.05) is 23.6 Å². The quantitative estimate of drug-likeness (QED) is 0.847. The monoisotopic (exact) mass is 372 g/mol. The van der Waals surface area contributed by atoms with E-state index in [0.717, 1.165) is 17.8 Å². The molecule has 3 amide bonds. The van der Waals surface area contributed by atoms with Gasteiger partial charge in [-0.3, -0.25) is 19.7 Å². The van der Waals surface area contributed by atoms with Crippen LogP contribution in [0.3, 0.4) is 0 Å². The fraction of sp³-hybridized carbons (Fsp3) is 0.167. The molecule has 0 radical (unpaired) electrons. The number of halogens is 1. The van der Waals surface area contributed by atoms with Crippen LogP contribution >= 0.6 is 11.8 Å². The number of nitrogens with one attached hydrogen (secondary N) is 2. The first-order chi connectivity index (χ1) is 12.5. The Hall–Kier alpha value is -2.87. The summed E-state index contributed by atoms with van der Waals surface area (Å²) in [5, 5.41) is 4.39. The minimum absolute atomic E-state index is 0.126. The van der Waals surface area contributed by atoms with E-state index in [1.54, 1.807) is 30.3 Å². The zero-order valence-corrected chi connectivity index (χ0v) is 14.2. The maximum absolute atomic E-state index is 14.2. The van der Waals surface area contributed by atoms with E-state index >= 15 is 0 Å². The normalized spacial score (nSPS) is 21.1. The van der Waals surface area contributed by atoms with Crippen LogP contribution in [0.1, 0.15) is 22.3 Å². The Bertz CT molecular complexity index is 934. The lowest BCUT2D eigenvalue weighted by Crippen LogP contribution is -2.39. The highest BCUT2D eigenvalue weighted by Crippen LogP contribution is 2.52. The zero-order chi connectivity index (χ0) is 18.3. The minimum atomic E-state index is -1.24. The molecule has 2 aromatic rings. The summed E-state index contributed by atoms with van der Waals surface area (Å²) in [6.07, 6.45) is 0.234. The van der Waals surface area contributed by atoms with Gasteiger partial charge in [-0.15, -0.1) is 0 Å². The summed E-state index contributed by atoms with van der Waals surface area (Å²) in [5.74, 6) is -1.35. The minimum Gasteiger partial charge on any atom is -0.491 e. The van der Waals surface area contributed by atoms with Gasteiger partial charge in [0.25, 0.3) is 11.1 Å². The molecular formula is C18H13FN2O4S.